The molecule has 1 unspecified atom stereocenters. The zero-order valence-electron chi connectivity index (χ0n) is 11.2. The molecule has 96 valence electrons. The van der Waals surface area contributed by atoms with Crippen LogP contribution in [0.4, 0.5) is 0 Å². The number of ether oxygens (including phenoxy) is 1. The molecule has 0 aromatic carbocycles. The molecular weight excluding hydrogens is 221 g/mol. The molecule has 0 rings (SSSR count). The van der Waals surface area contributed by atoms with Gasteiger partial charge in [0.15, 0.2) is 0 Å². The van der Waals surface area contributed by atoms with Gasteiger partial charge in [0.25, 0.3) is 0 Å². The molecule has 0 fully saturated rings. The number of esters is 1. The largest absolute Gasteiger partial charge is 0.460 e. The molecule has 16 heavy (non-hydrogen) atoms. The van der Waals surface area contributed by atoms with E-state index in [0.29, 0.717) is 6.42 Å². The van der Waals surface area contributed by atoms with Gasteiger partial charge in [0.1, 0.15) is 5.60 Å². The lowest BCUT2D eigenvalue weighted by Gasteiger charge is -2.23. The Balaban J connectivity index is 3.92. The molecule has 0 aromatic heterocycles. The van der Waals surface area contributed by atoms with E-state index in [1.54, 1.807) is 0 Å². The van der Waals surface area contributed by atoms with Gasteiger partial charge in [-0.1, -0.05) is 21.8 Å². The van der Waals surface area contributed by atoms with Crippen molar-refractivity contribution >= 4 is 13.9 Å². The topological polar surface area (TPSA) is 52.3 Å². The molecule has 0 bridgehead atoms. The Kier molecular flexibility index (Phi) is 7.17. The van der Waals surface area contributed by atoms with Gasteiger partial charge in [0.05, 0.1) is 0 Å². The summed E-state index contributed by atoms with van der Waals surface area (Å²) in [7, 11) is -0.111. The Hall–Kier alpha value is -0.140. The maximum absolute atomic E-state index is 11.5. The van der Waals surface area contributed by atoms with Gasteiger partial charge in [-0.25, -0.2) is 0 Å². The number of hydrogen-bond donors (Lipinski definition) is 1. The summed E-state index contributed by atoms with van der Waals surface area (Å²) in [6, 6.07) is 0. The fourth-order valence-electron chi connectivity index (χ4n) is 1.53. The van der Waals surface area contributed by atoms with Crippen LogP contribution in [0.5, 0.6) is 0 Å². The standard InChI is InChI=1S/C12H26NO2P/c1-6-16(7-2)10(13)8-9-11(14)15-12(3,4)5/h10H,6-9,13H2,1-5H3. The smallest absolute Gasteiger partial charge is 0.306 e. The molecule has 0 aliphatic carbocycles. The Morgan fingerprint density at radius 3 is 2.19 bits per heavy atom. The molecule has 0 saturated heterocycles. The molecule has 0 radical (unpaired) electrons. The molecule has 0 spiro atoms. The van der Waals surface area contributed by atoms with Crippen molar-refractivity contribution in [2.45, 2.75) is 58.8 Å². The zero-order valence-corrected chi connectivity index (χ0v) is 12.1. The summed E-state index contributed by atoms with van der Waals surface area (Å²) < 4.78 is 5.25. The lowest BCUT2D eigenvalue weighted by Crippen LogP contribution is -2.26. The Labute approximate surface area is 101 Å². The Bertz CT molecular complexity index is 210. The first-order chi connectivity index (χ1) is 7.30. The molecule has 4 heteroatoms. The first-order valence-electron chi connectivity index (χ1n) is 6.01. The van der Waals surface area contributed by atoms with E-state index in [9.17, 15) is 4.79 Å². The van der Waals surface area contributed by atoms with E-state index in [-0.39, 0.29) is 25.3 Å². The summed E-state index contributed by atoms with van der Waals surface area (Å²) in [6.07, 6.45) is 3.47. The van der Waals surface area contributed by atoms with E-state index in [4.69, 9.17) is 10.5 Å². The highest BCUT2D eigenvalue weighted by Gasteiger charge is 2.19. The third-order valence-electron chi connectivity index (χ3n) is 2.35. The highest BCUT2D eigenvalue weighted by molar-refractivity contribution is 7.58. The molecule has 0 aromatic rings. The molecule has 0 heterocycles. The second kappa shape index (κ2) is 7.24. The van der Waals surface area contributed by atoms with E-state index < -0.39 is 0 Å². The molecule has 0 saturated carbocycles. The fraction of sp³-hybridized carbons (Fsp3) is 0.917. The number of nitrogens with two attached hydrogens (primary N) is 1. The monoisotopic (exact) mass is 247 g/mol. The normalized spacial score (nSPS) is 13.9. The summed E-state index contributed by atoms with van der Waals surface area (Å²) in [5, 5.41) is 0. The van der Waals surface area contributed by atoms with Crippen LogP contribution in [-0.2, 0) is 9.53 Å². The van der Waals surface area contributed by atoms with E-state index in [1.807, 2.05) is 20.8 Å². The van der Waals surface area contributed by atoms with Crippen molar-refractivity contribution in [3.8, 4) is 0 Å². The van der Waals surface area contributed by atoms with Crippen LogP contribution < -0.4 is 5.73 Å². The minimum atomic E-state index is -0.387. The SMILES string of the molecule is CCP(CC)C(N)CCC(=O)OC(C)(C)C. The van der Waals surface area contributed by atoms with Crippen LogP contribution in [0.25, 0.3) is 0 Å². The van der Waals surface area contributed by atoms with Crippen LogP contribution in [0.2, 0.25) is 0 Å². The predicted octanol–water partition coefficient (Wildman–Crippen LogP) is 2.91. The maximum atomic E-state index is 11.5. The number of carbonyl (C=O) groups is 1. The Morgan fingerprint density at radius 1 is 1.31 bits per heavy atom. The number of carbonyl (C=O) groups excluding carboxylic acids is 1. The average Bonchev–Trinajstić information content (AvgIpc) is 2.14. The van der Waals surface area contributed by atoms with Crippen LogP contribution in [-0.4, -0.2) is 29.7 Å². The van der Waals surface area contributed by atoms with Crippen molar-refractivity contribution in [3.63, 3.8) is 0 Å². The first-order valence-corrected chi connectivity index (χ1v) is 7.79. The summed E-state index contributed by atoms with van der Waals surface area (Å²) in [5.41, 5.74) is 5.68. The van der Waals surface area contributed by atoms with Gasteiger partial charge in [0.2, 0.25) is 0 Å². The van der Waals surface area contributed by atoms with E-state index in [2.05, 4.69) is 13.8 Å². The van der Waals surface area contributed by atoms with Crippen molar-refractivity contribution in [2.24, 2.45) is 5.73 Å². The zero-order chi connectivity index (χ0) is 12.8. The number of hydrogen-bond acceptors (Lipinski definition) is 3. The second-order valence-electron chi connectivity index (χ2n) is 4.91. The first kappa shape index (κ1) is 15.9. The van der Waals surface area contributed by atoms with Crippen LogP contribution in [0.1, 0.15) is 47.5 Å². The maximum Gasteiger partial charge on any atom is 0.306 e. The van der Waals surface area contributed by atoms with E-state index in [0.717, 1.165) is 18.7 Å². The quantitative estimate of drug-likeness (QED) is 0.580. The van der Waals surface area contributed by atoms with E-state index >= 15 is 0 Å². The van der Waals surface area contributed by atoms with Crippen LogP contribution in [0.15, 0.2) is 0 Å². The van der Waals surface area contributed by atoms with Gasteiger partial charge >= 0.3 is 5.97 Å². The van der Waals surface area contributed by atoms with Crippen molar-refractivity contribution in [1.82, 2.24) is 0 Å². The fourth-order valence-corrected chi connectivity index (χ4v) is 3.41. The summed E-state index contributed by atoms with van der Waals surface area (Å²) in [6.45, 7) is 9.99. The molecule has 1 atom stereocenters. The van der Waals surface area contributed by atoms with Crippen molar-refractivity contribution in [3.05, 3.63) is 0 Å². The average molecular weight is 247 g/mol. The van der Waals surface area contributed by atoms with Gasteiger partial charge in [-0.15, -0.1) is 0 Å². The van der Waals surface area contributed by atoms with Gasteiger partial charge < -0.3 is 10.5 Å². The van der Waals surface area contributed by atoms with Crippen LogP contribution >= 0.6 is 7.92 Å². The van der Waals surface area contributed by atoms with Crippen molar-refractivity contribution in [1.29, 1.82) is 0 Å². The van der Waals surface area contributed by atoms with E-state index in [1.165, 1.54) is 0 Å². The van der Waals surface area contributed by atoms with Gasteiger partial charge in [-0.05, 0) is 39.5 Å². The third-order valence-corrected chi connectivity index (χ3v) is 5.17. The summed E-state index contributed by atoms with van der Waals surface area (Å²) in [5.74, 6) is 0.0441. The molecule has 0 amide bonds. The molecule has 2 N–H and O–H groups in total. The summed E-state index contributed by atoms with van der Waals surface area (Å²) >= 11 is 0. The van der Waals surface area contributed by atoms with Crippen LogP contribution in [0, 0.1) is 0 Å². The van der Waals surface area contributed by atoms with Gasteiger partial charge in [0, 0.05) is 12.2 Å². The Morgan fingerprint density at radius 2 is 1.81 bits per heavy atom. The third kappa shape index (κ3) is 7.19. The van der Waals surface area contributed by atoms with Crippen molar-refractivity contribution in [2.75, 3.05) is 12.3 Å². The highest BCUT2D eigenvalue weighted by atomic mass is 31.1. The molecular formula is C12H26NO2P. The predicted molar refractivity (Wildman–Crippen MR) is 71.1 cm³/mol. The second-order valence-corrected chi connectivity index (χ2v) is 8.02. The van der Waals surface area contributed by atoms with Gasteiger partial charge in [-0.2, -0.15) is 0 Å². The summed E-state index contributed by atoms with van der Waals surface area (Å²) in [4.78, 5) is 11.5. The lowest BCUT2D eigenvalue weighted by atomic mass is 10.2. The van der Waals surface area contributed by atoms with Crippen LogP contribution in [0.3, 0.4) is 0 Å². The lowest BCUT2D eigenvalue weighted by molar-refractivity contribution is -0.154. The minimum absolute atomic E-state index is 0.111. The molecule has 0 aliphatic heterocycles. The molecule has 0 aliphatic rings. The minimum Gasteiger partial charge on any atom is -0.460 e. The molecule has 3 nitrogen and oxygen atoms in total. The van der Waals surface area contributed by atoms with Gasteiger partial charge in [-0.3, -0.25) is 4.79 Å². The van der Waals surface area contributed by atoms with Crippen molar-refractivity contribution < 1.29 is 9.53 Å². The highest BCUT2D eigenvalue weighted by Crippen LogP contribution is 2.39. The number of rotatable bonds is 6.